The highest BCUT2D eigenvalue weighted by atomic mass is 35.5. The van der Waals surface area contributed by atoms with Crippen molar-refractivity contribution >= 4 is 18.4 Å². The molecule has 0 saturated carbocycles. The molecule has 6 nitrogen and oxygen atoms in total. The number of halogens is 1. The molecule has 0 unspecified atom stereocenters. The molecule has 0 heterocycles. The van der Waals surface area contributed by atoms with Gasteiger partial charge in [0.2, 0.25) is 0 Å². The number of carbonyl (C=O) groups is 1. The normalized spacial score (nSPS) is 10.2. The maximum Gasteiger partial charge on any atom is 0.122 e. The van der Waals surface area contributed by atoms with E-state index in [0.717, 1.165) is 0 Å². The lowest BCUT2D eigenvalue weighted by Gasteiger charge is -2.13. The quantitative estimate of drug-likeness (QED) is 0.452. The van der Waals surface area contributed by atoms with Gasteiger partial charge in [0.05, 0.1) is 0 Å². The standard InChI is InChI=1S/C20H17ClO5.CH2O/c21-15-7-13(5-11-1-3-16(22)9-18(11)24)20(26)14(8-15)6-12-2-4-17(23)10-19(12)25;1-2/h1-4,7-10,22-26H,5-6H2;1H2. The van der Waals surface area contributed by atoms with Gasteiger partial charge in [-0.1, -0.05) is 23.7 Å². The summed E-state index contributed by atoms with van der Waals surface area (Å²) in [5.41, 5.74) is 2.07. The Morgan fingerprint density at radius 2 is 1.04 bits per heavy atom. The van der Waals surface area contributed by atoms with Crippen LogP contribution < -0.4 is 0 Å². The number of phenols is 5. The Labute approximate surface area is 166 Å². The monoisotopic (exact) mass is 402 g/mol. The van der Waals surface area contributed by atoms with E-state index in [2.05, 4.69) is 0 Å². The second kappa shape index (κ2) is 9.01. The fraction of sp³-hybridized carbons (Fsp3) is 0.0952. The van der Waals surface area contributed by atoms with Gasteiger partial charge in [-0.25, -0.2) is 0 Å². The van der Waals surface area contributed by atoms with Crippen LogP contribution in [-0.2, 0) is 17.6 Å². The van der Waals surface area contributed by atoms with Crippen LogP contribution >= 0.6 is 11.6 Å². The second-order valence-corrected chi connectivity index (χ2v) is 6.49. The minimum absolute atomic E-state index is 0.00866. The Kier molecular flexibility index (Phi) is 6.74. The van der Waals surface area contributed by atoms with Crippen molar-refractivity contribution in [1.82, 2.24) is 0 Å². The summed E-state index contributed by atoms with van der Waals surface area (Å²) in [6, 6.07) is 11.7. The zero-order valence-electron chi connectivity index (χ0n) is 14.8. The van der Waals surface area contributed by atoms with Crippen molar-refractivity contribution in [2.45, 2.75) is 12.8 Å². The molecule has 3 rings (SSSR count). The van der Waals surface area contributed by atoms with E-state index in [1.54, 1.807) is 24.3 Å². The van der Waals surface area contributed by atoms with E-state index in [0.29, 0.717) is 27.3 Å². The maximum atomic E-state index is 10.6. The third-order valence-corrected chi connectivity index (χ3v) is 4.35. The largest absolute Gasteiger partial charge is 0.508 e. The summed E-state index contributed by atoms with van der Waals surface area (Å²) < 4.78 is 0. The minimum atomic E-state index is -0.0814. The SMILES string of the molecule is C=O.Oc1ccc(Cc2cc(Cl)cc(Cc3ccc(O)cc3O)c2O)c(O)c1. The molecule has 0 amide bonds. The fourth-order valence-electron chi connectivity index (χ4n) is 2.80. The van der Waals surface area contributed by atoms with Crippen molar-refractivity contribution in [3.63, 3.8) is 0 Å². The van der Waals surface area contributed by atoms with Gasteiger partial charge < -0.3 is 30.3 Å². The second-order valence-electron chi connectivity index (χ2n) is 6.05. The lowest BCUT2D eigenvalue weighted by molar-refractivity contribution is -0.0980. The van der Waals surface area contributed by atoms with Gasteiger partial charge in [-0.05, 0) is 35.4 Å². The molecule has 0 saturated heterocycles. The molecule has 0 radical (unpaired) electrons. The molecule has 0 spiro atoms. The number of rotatable bonds is 4. The predicted molar refractivity (Wildman–Crippen MR) is 105 cm³/mol. The predicted octanol–water partition coefficient (Wildman–Crippen LogP) is 3.86. The van der Waals surface area contributed by atoms with Gasteiger partial charge in [0, 0.05) is 41.1 Å². The zero-order chi connectivity index (χ0) is 20.8. The van der Waals surface area contributed by atoms with Gasteiger partial charge in [0.15, 0.2) is 0 Å². The molecule has 0 fully saturated rings. The summed E-state index contributed by atoms with van der Waals surface area (Å²) >= 11 is 6.17. The van der Waals surface area contributed by atoms with Crippen molar-refractivity contribution in [3.8, 4) is 28.7 Å². The van der Waals surface area contributed by atoms with Crippen LogP contribution in [-0.4, -0.2) is 32.3 Å². The number of carbonyl (C=O) groups excluding carboxylic acids is 1. The van der Waals surface area contributed by atoms with Crippen LogP contribution in [0.25, 0.3) is 0 Å². The molecule has 3 aromatic carbocycles. The number of phenolic OH excluding ortho intramolecular Hbond substituents is 5. The highest BCUT2D eigenvalue weighted by Crippen LogP contribution is 2.35. The van der Waals surface area contributed by atoms with E-state index in [4.69, 9.17) is 16.4 Å². The van der Waals surface area contributed by atoms with E-state index >= 15 is 0 Å². The smallest absolute Gasteiger partial charge is 0.122 e. The highest BCUT2D eigenvalue weighted by Gasteiger charge is 2.14. The van der Waals surface area contributed by atoms with E-state index in [9.17, 15) is 25.5 Å². The summed E-state index contributed by atoms with van der Waals surface area (Å²) in [6.45, 7) is 2.00. The molecule has 0 aliphatic heterocycles. The van der Waals surface area contributed by atoms with E-state index in [1.807, 2.05) is 6.79 Å². The molecular weight excluding hydrogens is 384 g/mol. The molecule has 0 bridgehead atoms. The summed E-state index contributed by atoms with van der Waals surface area (Å²) in [5, 5.41) is 49.7. The molecule has 3 aromatic rings. The first-order valence-electron chi connectivity index (χ1n) is 8.14. The summed E-state index contributed by atoms with van der Waals surface area (Å²) in [6.07, 6.45) is 0.431. The highest BCUT2D eigenvalue weighted by molar-refractivity contribution is 6.30. The summed E-state index contributed by atoms with van der Waals surface area (Å²) in [5.74, 6) is -0.256. The zero-order valence-corrected chi connectivity index (χ0v) is 15.5. The average Bonchev–Trinajstić information content (AvgIpc) is 2.65. The van der Waals surface area contributed by atoms with E-state index in [-0.39, 0.29) is 41.6 Å². The third-order valence-electron chi connectivity index (χ3n) is 4.13. The molecule has 0 aliphatic rings. The van der Waals surface area contributed by atoms with Crippen molar-refractivity contribution in [3.05, 3.63) is 75.8 Å². The maximum absolute atomic E-state index is 10.6. The van der Waals surface area contributed by atoms with Crippen LogP contribution in [0.4, 0.5) is 0 Å². The molecule has 28 heavy (non-hydrogen) atoms. The van der Waals surface area contributed by atoms with Gasteiger partial charge in [0.25, 0.3) is 0 Å². The first-order valence-corrected chi connectivity index (χ1v) is 8.52. The van der Waals surface area contributed by atoms with Crippen LogP contribution in [0.15, 0.2) is 48.5 Å². The Morgan fingerprint density at radius 1 is 0.643 bits per heavy atom. The van der Waals surface area contributed by atoms with Gasteiger partial charge in [-0.3, -0.25) is 0 Å². The molecule has 7 heteroatoms. The summed E-state index contributed by atoms with van der Waals surface area (Å²) in [4.78, 5) is 8.00. The van der Waals surface area contributed by atoms with Gasteiger partial charge in [-0.15, -0.1) is 0 Å². The van der Waals surface area contributed by atoms with Crippen LogP contribution in [0.2, 0.25) is 5.02 Å². The lowest BCUT2D eigenvalue weighted by atomic mass is 9.96. The number of hydrogen-bond acceptors (Lipinski definition) is 6. The van der Waals surface area contributed by atoms with Crippen LogP contribution in [0.1, 0.15) is 22.3 Å². The Bertz CT molecular complexity index is 912. The van der Waals surface area contributed by atoms with E-state index in [1.165, 1.54) is 24.3 Å². The Balaban J connectivity index is 0.00000136. The van der Waals surface area contributed by atoms with Gasteiger partial charge >= 0.3 is 0 Å². The van der Waals surface area contributed by atoms with Crippen molar-refractivity contribution < 1.29 is 30.3 Å². The van der Waals surface area contributed by atoms with E-state index < -0.39 is 0 Å². The topological polar surface area (TPSA) is 118 Å². The molecule has 146 valence electrons. The first-order chi connectivity index (χ1) is 13.3. The molecule has 0 aromatic heterocycles. The average molecular weight is 403 g/mol. The molecule has 0 aliphatic carbocycles. The molecular formula is C21H19ClO6. The van der Waals surface area contributed by atoms with Crippen LogP contribution in [0, 0.1) is 0 Å². The third kappa shape index (κ3) is 4.86. The molecule has 0 atom stereocenters. The fourth-order valence-corrected chi connectivity index (χ4v) is 3.06. The molecule has 5 N–H and O–H groups in total. The van der Waals surface area contributed by atoms with Crippen molar-refractivity contribution in [1.29, 1.82) is 0 Å². The van der Waals surface area contributed by atoms with Crippen molar-refractivity contribution in [2.75, 3.05) is 0 Å². The van der Waals surface area contributed by atoms with Crippen molar-refractivity contribution in [2.24, 2.45) is 0 Å². The first kappa shape index (κ1) is 20.9. The Morgan fingerprint density at radius 3 is 1.39 bits per heavy atom. The number of aromatic hydroxyl groups is 5. The minimum Gasteiger partial charge on any atom is -0.508 e. The number of hydrogen-bond donors (Lipinski definition) is 5. The lowest BCUT2D eigenvalue weighted by Crippen LogP contribution is -1.96. The Hall–Kier alpha value is -3.38. The van der Waals surface area contributed by atoms with Crippen LogP contribution in [0.5, 0.6) is 28.7 Å². The van der Waals surface area contributed by atoms with Crippen LogP contribution in [0.3, 0.4) is 0 Å². The summed E-state index contributed by atoms with van der Waals surface area (Å²) in [7, 11) is 0. The number of benzene rings is 3. The van der Waals surface area contributed by atoms with Gasteiger partial charge in [-0.2, -0.15) is 0 Å². The van der Waals surface area contributed by atoms with Gasteiger partial charge in [0.1, 0.15) is 35.5 Å².